The van der Waals surface area contributed by atoms with Gasteiger partial charge in [0.15, 0.2) is 5.69 Å². The van der Waals surface area contributed by atoms with Crippen molar-refractivity contribution in [3.05, 3.63) is 76.6 Å². The lowest BCUT2D eigenvalue weighted by atomic mass is 9.94. The molecule has 0 unspecified atom stereocenters. The molecule has 0 aliphatic carbocycles. The van der Waals surface area contributed by atoms with E-state index in [4.69, 9.17) is 4.74 Å². The van der Waals surface area contributed by atoms with Gasteiger partial charge in [-0.05, 0) is 36.1 Å². The quantitative estimate of drug-likeness (QED) is 0.565. The summed E-state index contributed by atoms with van der Waals surface area (Å²) < 4.78 is 6.81. The highest BCUT2D eigenvalue weighted by Crippen LogP contribution is 2.30. The van der Waals surface area contributed by atoms with Gasteiger partial charge in [0, 0.05) is 57.1 Å². The van der Waals surface area contributed by atoms with E-state index in [1.807, 2.05) is 54.4 Å². The smallest absolute Gasteiger partial charge is 0.272 e. The van der Waals surface area contributed by atoms with Crippen LogP contribution in [0.3, 0.4) is 0 Å². The number of fused-ring (bicyclic) bond motifs is 1. The Morgan fingerprint density at radius 1 is 1.09 bits per heavy atom. The van der Waals surface area contributed by atoms with Crippen LogP contribution in [0.15, 0.2) is 48.5 Å². The Kier molecular flexibility index (Phi) is 6.89. The molecule has 2 aromatic carbocycles. The number of ether oxygens (including phenoxy) is 1. The average Bonchev–Trinajstić information content (AvgIpc) is 3.17. The summed E-state index contributed by atoms with van der Waals surface area (Å²) in [6.45, 7) is 4.11. The molecule has 1 aromatic heterocycles. The molecule has 0 saturated heterocycles. The molecule has 1 aliphatic rings. The fraction of sp³-hybridized carbons (Fsp3) is 0.346. The molecule has 4 rings (SSSR count). The molecule has 2 heterocycles. The molecule has 7 heteroatoms. The van der Waals surface area contributed by atoms with Crippen molar-refractivity contribution in [2.45, 2.75) is 26.3 Å². The monoisotopic (exact) mass is 446 g/mol. The predicted octanol–water partition coefficient (Wildman–Crippen LogP) is 3.36. The lowest BCUT2D eigenvalue weighted by Gasteiger charge is -2.28. The number of carbonyl (C=O) groups excluding carboxylic acids is 2. The Morgan fingerprint density at radius 3 is 2.58 bits per heavy atom. The first-order chi connectivity index (χ1) is 16.0. The van der Waals surface area contributed by atoms with E-state index in [1.54, 1.807) is 11.8 Å². The summed E-state index contributed by atoms with van der Waals surface area (Å²) in [6, 6.07) is 15.8. The minimum Gasteiger partial charge on any atom is -0.385 e. The zero-order chi connectivity index (χ0) is 23.4. The third kappa shape index (κ3) is 4.68. The van der Waals surface area contributed by atoms with Crippen LogP contribution in [0.5, 0.6) is 0 Å². The van der Waals surface area contributed by atoms with Gasteiger partial charge in [0.2, 0.25) is 0 Å². The van der Waals surface area contributed by atoms with E-state index >= 15 is 0 Å². The van der Waals surface area contributed by atoms with Gasteiger partial charge in [0.05, 0.1) is 6.54 Å². The van der Waals surface area contributed by atoms with Crippen molar-refractivity contribution in [3.8, 4) is 11.1 Å². The Labute approximate surface area is 194 Å². The standard InChI is InChI=1S/C26H30N4O3/c1-18-9-4-5-10-19(18)20-11-6-7-12-21(20)26(32)30-15-13-23-22(17-30)24(28-29(23)2)25(31)27-14-8-16-33-3/h4-7,9-12H,8,13-17H2,1-3H3,(H,27,31). The Bertz CT molecular complexity index is 1170. The van der Waals surface area contributed by atoms with Gasteiger partial charge in [-0.25, -0.2) is 0 Å². The van der Waals surface area contributed by atoms with E-state index in [0.29, 0.717) is 43.9 Å². The van der Waals surface area contributed by atoms with Crippen molar-refractivity contribution < 1.29 is 14.3 Å². The van der Waals surface area contributed by atoms with E-state index in [-0.39, 0.29) is 11.8 Å². The second-order valence-electron chi connectivity index (χ2n) is 8.34. The van der Waals surface area contributed by atoms with Crippen LogP contribution in [0, 0.1) is 6.92 Å². The Hall–Kier alpha value is -3.45. The van der Waals surface area contributed by atoms with Gasteiger partial charge in [-0.15, -0.1) is 0 Å². The molecule has 33 heavy (non-hydrogen) atoms. The van der Waals surface area contributed by atoms with Crippen LogP contribution in [-0.2, 0) is 24.8 Å². The minimum atomic E-state index is -0.211. The number of nitrogens with zero attached hydrogens (tertiary/aromatic N) is 3. The predicted molar refractivity (Wildman–Crippen MR) is 127 cm³/mol. The first-order valence-corrected chi connectivity index (χ1v) is 11.3. The zero-order valence-corrected chi connectivity index (χ0v) is 19.4. The summed E-state index contributed by atoms with van der Waals surface area (Å²) in [5.74, 6) is -0.243. The van der Waals surface area contributed by atoms with Crippen molar-refractivity contribution >= 4 is 11.8 Å². The molecule has 0 saturated carbocycles. The van der Waals surface area contributed by atoms with Crippen molar-refractivity contribution in [2.24, 2.45) is 7.05 Å². The highest BCUT2D eigenvalue weighted by Gasteiger charge is 2.30. The van der Waals surface area contributed by atoms with Gasteiger partial charge in [0.1, 0.15) is 0 Å². The molecular formula is C26H30N4O3. The van der Waals surface area contributed by atoms with Crippen molar-refractivity contribution in [1.29, 1.82) is 0 Å². The van der Waals surface area contributed by atoms with Gasteiger partial charge in [0.25, 0.3) is 11.8 Å². The highest BCUT2D eigenvalue weighted by molar-refractivity contribution is 6.01. The number of carbonyl (C=O) groups is 2. The fourth-order valence-electron chi connectivity index (χ4n) is 4.40. The van der Waals surface area contributed by atoms with Gasteiger partial charge in [-0.1, -0.05) is 42.5 Å². The minimum absolute atomic E-state index is 0.0326. The number of nitrogens with one attached hydrogen (secondary N) is 1. The van der Waals surface area contributed by atoms with Crippen LogP contribution in [-0.4, -0.2) is 53.3 Å². The van der Waals surface area contributed by atoms with Gasteiger partial charge < -0.3 is 15.0 Å². The summed E-state index contributed by atoms with van der Waals surface area (Å²) in [5.41, 5.74) is 6.01. The van der Waals surface area contributed by atoms with Crippen molar-refractivity contribution in [2.75, 3.05) is 26.8 Å². The summed E-state index contributed by atoms with van der Waals surface area (Å²) >= 11 is 0. The van der Waals surface area contributed by atoms with E-state index in [0.717, 1.165) is 34.4 Å². The van der Waals surface area contributed by atoms with E-state index in [1.165, 1.54) is 0 Å². The molecule has 0 spiro atoms. The van der Waals surface area contributed by atoms with Crippen LogP contribution >= 0.6 is 0 Å². The number of rotatable bonds is 7. The third-order valence-electron chi connectivity index (χ3n) is 6.15. The maximum Gasteiger partial charge on any atom is 0.272 e. The Balaban J connectivity index is 1.58. The topological polar surface area (TPSA) is 76.5 Å². The van der Waals surface area contributed by atoms with Crippen LogP contribution in [0.2, 0.25) is 0 Å². The number of hydrogen-bond donors (Lipinski definition) is 1. The van der Waals surface area contributed by atoms with Gasteiger partial charge in [-0.2, -0.15) is 5.10 Å². The number of hydrogen-bond acceptors (Lipinski definition) is 4. The number of aryl methyl sites for hydroxylation is 2. The normalized spacial score (nSPS) is 13.0. The van der Waals surface area contributed by atoms with Gasteiger partial charge in [-0.3, -0.25) is 14.3 Å². The van der Waals surface area contributed by atoms with Crippen LogP contribution in [0.1, 0.15) is 44.1 Å². The molecule has 1 N–H and O–H groups in total. The highest BCUT2D eigenvalue weighted by atomic mass is 16.5. The fourth-order valence-corrected chi connectivity index (χ4v) is 4.40. The molecule has 172 valence electrons. The SMILES string of the molecule is COCCCNC(=O)c1nn(C)c2c1CN(C(=O)c1ccccc1-c1ccccc1C)CC2. The molecule has 0 fully saturated rings. The van der Waals surface area contributed by atoms with Crippen LogP contribution in [0.4, 0.5) is 0 Å². The molecule has 0 radical (unpaired) electrons. The number of benzene rings is 2. The average molecular weight is 447 g/mol. The molecular weight excluding hydrogens is 416 g/mol. The Morgan fingerprint density at radius 2 is 1.82 bits per heavy atom. The second-order valence-corrected chi connectivity index (χ2v) is 8.34. The molecule has 2 amide bonds. The molecule has 0 bridgehead atoms. The first kappa shape index (κ1) is 22.7. The summed E-state index contributed by atoms with van der Waals surface area (Å²) in [4.78, 5) is 28.2. The molecule has 3 aromatic rings. The van der Waals surface area contributed by atoms with Crippen molar-refractivity contribution in [1.82, 2.24) is 20.0 Å². The summed E-state index contributed by atoms with van der Waals surface area (Å²) in [5, 5.41) is 7.38. The van der Waals surface area contributed by atoms with Gasteiger partial charge >= 0.3 is 0 Å². The first-order valence-electron chi connectivity index (χ1n) is 11.3. The maximum atomic E-state index is 13.6. The van der Waals surface area contributed by atoms with Crippen LogP contribution < -0.4 is 5.32 Å². The number of amides is 2. The molecule has 0 atom stereocenters. The lowest BCUT2D eigenvalue weighted by Crippen LogP contribution is -2.37. The number of methoxy groups -OCH3 is 1. The van der Waals surface area contributed by atoms with Crippen LogP contribution in [0.25, 0.3) is 11.1 Å². The molecule has 7 nitrogen and oxygen atoms in total. The van der Waals surface area contributed by atoms with Crippen molar-refractivity contribution in [3.63, 3.8) is 0 Å². The summed E-state index contributed by atoms with van der Waals surface area (Å²) in [7, 11) is 3.49. The van der Waals surface area contributed by atoms with E-state index in [2.05, 4.69) is 23.4 Å². The second kappa shape index (κ2) is 10.0. The number of aromatic nitrogens is 2. The lowest BCUT2D eigenvalue weighted by molar-refractivity contribution is 0.0731. The third-order valence-corrected chi connectivity index (χ3v) is 6.15. The largest absolute Gasteiger partial charge is 0.385 e. The summed E-state index contributed by atoms with van der Waals surface area (Å²) in [6.07, 6.45) is 1.39. The maximum absolute atomic E-state index is 13.6. The van der Waals surface area contributed by atoms with E-state index in [9.17, 15) is 9.59 Å². The zero-order valence-electron chi connectivity index (χ0n) is 19.4. The van der Waals surface area contributed by atoms with E-state index < -0.39 is 0 Å². The molecule has 1 aliphatic heterocycles.